The zero-order valence-electron chi connectivity index (χ0n) is 17.7. The molecule has 0 aliphatic carbocycles. The molecule has 0 aliphatic heterocycles. The molecule has 2 aromatic rings. The number of nitrogens with one attached hydrogen (secondary N) is 2. The summed E-state index contributed by atoms with van der Waals surface area (Å²) in [4.78, 5) is 0. The smallest absolute Gasteiger partial charge is 0.149 e. The fourth-order valence-electron chi connectivity index (χ4n) is 3.48. The van der Waals surface area contributed by atoms with Crippen LogP contribution in [0.15, 0.2) is 24.3 Å². The standard InChI is InChI=1S/C23H30F4N2/c1-6-28-17-11-18(24)22(19(25)12-17)15(5)8-7-14(4)16-9-20(26)23(21(27)10-16)29-13(2)3/h9-15,28-29H,6-8H2,1-5H3. The quantitative estimate of drug-likeness (QED) is 0.428. The minimum atomic E-state index is -0.635. The van der Waals surface area contributed by atoms with E-state index in [1.165, 1.54) is 24.3 Å². The highest BCUT2D eigenvalue weighted by molar-refractivity contribution is 5.49. The van der Waals surface area contributed by atoms with Gasteiger partial charge in [-0.15, -0.1) is 0 Å². The van der Waals surface area contributed by atoms with Crippen LogP contribution < -0.4 is 10.6 Å². The molecule has 6 heteroatoms. The molecule has 29 heavy (non-hydrogen) atoms. The van der Waals surface area contributed by atoms with Gasteiger partial charge < -0.3 is 10.6 Å². The van der Waals surface area contributed by atoms with E-state index < -0.39 is 23.3 Å². The van der Waals surface area contributed by atoms with Gasteiger partial charge in [-0.25, -0.2) is 17.6 Å². The van der Waals surface area contributed by atoms with Gasteiger partial charge in [0.05, 0.1) is 0 Å². The zero-order valence-corrected chi connectivity index (χ0v) is 17.7. The number of halogens is 4. The Hall–Kier alpha value is -2.24. The van der Waals surface area contributed by atoms with Crippen molar-refractivity contribution in [1.82, 2.24) is 0 Å². The summed E-state index contributed by atoms with van der Waals surface area (Å²) in [6.07, 6.45) is 1.04. The third-order valence-electron chi connectivity index (χ3n) is 5.05. The molecule has 2 atom stereocenters. The van der Waals surface area contributed by atoms with Gasteiger partial charge in [-0.2, -0.15) is 0 Å². The van der Waals surface area contributed by atoms with Crippen LogP contribution in [0.1, 0.15) is 70.4 Å². The van der Waals surface area contributed by atoms with Crippen molar-refractivity contribution >= 4 is 11.4 Å². The summed E-state index contributed by atoms with van der Waals surface area (Å²) < 4.78 is 57.4. The molecule has 0 spiro atoms. The number of rotatable bonds is 9. The van der Waals surface area contributed by atoms with E-state index in [2.05, 4.69) is 10.6 Å². The third kappa shape index (κ3) is 5.87. The Balaban J connectivity index is 2.10. The number of anilines is 2. The van der Waals surface area contributed by atoms with Crippen LogP contribution in [0.5, 0.6) is 0 Å². The van der Waals surface area contributed by atoms with Crippen molar-refractivity contribution in [2.45, 2.75) is 65.3 Å². The summed E-state index contributed by atoms with van der Waals surface area (Å²) in [6, 6.07) is 5.16. The number of hydrogen-bond donors (Lipinski definition) is 2. The largest absolute Gasteiger partial charge is 0.385 e. The van der Waals surface area contributed by atoms with Crippen molar-refractivity contribution in [3.8, 4) is 0 Å². The van der Waals surface area contributed by atoms with Gasteiger partial charge in [0.2, 0.25) is 0 Å². The molecule has 2 unspecified atom stereocenters. The molecule has 2 N–H and O–H groups in total. The highest BCUT2D eigenvalue weighted by atomic mass is 19.1. The van der Waals surface area contributed by atoms with Gasteiger partial charge in [-0.1, -0.05) is 13.8 Å². The van der Waals surface area contributed by atoms with E-state index in [1.54, 1.807) is 20.8 Å². The van der Waals surface area contributed by atoms with E-state index in [0.29, 0.717) is 30.6 Å². The lowest BCUT2D eigenvalue weighted by Crippen LogP contribution is -2.13. The summed E-state index contributed by atoms with van der Waals surface area (Å²) in [7, 11) is 0. The molecule has 0 heterocycles. The topological polar surface area (TPSA) is 24.1 Å². The molecular weight excluding hydrogens is 380 g/mol. The normalized spacial score (nSPS) is 13.4. The first-order valence-corrected chi connectivity index (χ1v) is 10.1. The van der Waals surface area contributed by atoms with Gasteiger partial charge in [-0.3, -0.25) is 0 Å². The molecule has 0 aromatic heterocycles. The minimum Gasteiger partial charge on any atom is -0.385 e. The Kier molecular flexibility index (Phi) is 7.94. The lowest BCUT2D eigenvalue weighted by Gasteiger charge is -2.19. The monoisotopic (exact) mass is 410 g/mol. The summed E-state index contributed by atoms with van der Waals surface area (Å²) in [5, 5.41) is 5.66. The molecule has 0 radical (unpaired) electrons. The first-order chi connectivity index (χ1) is 13.6. The van der Waals surface area contributed by atoms with E-state index >= 15 is 0 Å². The highest BCUT2D eigenvalue weighted by Gasteiger charge is 2.20. The minimum absolute atomic E-state index is 0.0488. The fourth-order valence-corrected chi connectivity index (χ4v) is 3.48. The van der Waals surface area contributed by atoms with Crippen LogP contribution in [-0.4, -0.2) is 12.6 Å². The van der Waals surface area contributed by atoms with E-state index in [1.807, 2.05) is 13.8 Å². The van der Waals surface area contributed by atoms with Crippen LogP contribution in [0.4, 0.5) is 28.9 Å². The molecule has 160 valence electrons. The van der Waals surface area contributed by atoms with Gasteiger partial charge in [0.15, 0.2) is 0 Å². The van der Waals surface area contributed by atoms with E-state index in [4.69, 9.17) is 0 Å². The Labute approximate surface area is 170 Å². The van der Waals surface area contributed by atoms with Gasteiger partial charge in [0.25, 0.3) is 0 Å². The molecule has 0 aliphatic rings. The SMILES string of the molecule is CCNc1cc(F)c(C(C)CCC(C)c2cc(F)c(NC(C)C)c(F)c2)c(F)c1. The van der Waals surface area contributed by atoms with E-state index in [-0.39, 0.29) is 29.1 Å². The second-order valence-electron chi connectivity index (χ2n) is 7.92. The Morgan fingerprint density at radius 2 is 1.28 bits per heavy atom. The molecular formula is C23H30F4N2. The number of benzene rings is 2. The van der Waals surface area contributed by atoms with Gasteiger partial charge in [-0.05, 0) is 75.3 Å². The maximum absolute atomic E-state index is 14.4. The molecule has 0 bridgehead atoms. The molecule has 0 fully saturated rings. The van der Waals surface area contributed by atoms with Crippen molar-refractivity contribution < 1.29 is 17.6 Å². The Morgan fingerprint density at radius 3 is 1.76 bits per heavy atom. The van der Waals surface area contributed by atoms with Crippen LogP contribution >= 0.6 is 0 Å². The lowest BCUT2D eigenvalue weighted by molar-refractivity contribution is 0.499. The van der Waals surface area contributed by atoms with Crippen LogP contribution in [-0.2, 0) is 0 Å². The summed E-state index contributed by atoms with van der Waals surface area (Å²) in [6.45, 7) is 9.66. The first kappa shape index (κ1) is 23.0. The van der Waals surface area contributed by atoms with E-state index in [9.17, 15) is 17.6 Å². The summed E-state index contributed by atoms with van der Waals surface area (Å²) >= 11 is 0. The predicted molar refractivity (Wildman–Crippen MR) is 112 cm³/mol. The average molecular weight is 410 g/mol. The second-order valence-corrected chi connectivity index (χ2v) is 7.92. The van der Waals surface area contributed by atoms with Crippen molar-refractivity contribution in [1.29, 1.82) is 0 Å². The van der Waals surface area contributed by atoms with Crippen molar-refractivity contribution in [3.63, 3.8) is 0 Å². The molecule has 0 saturated heterocycles. The molecule has 2 aromatic carbocycles. The summed E-state index contributed by atoms with van der Waals surface area (Å²) in [5.41, 5.74) is 0.861. The van der Waals surface area contributed by atoms with Crippen LogP contribution in [0.25, 0.3) is 0 Å². The first-order valence-electron chi connectivity index (χ1n) is 10.1. The average Bonchev–Trinajstić information content (AvgIpc) is 2.62. The van der Waals surface area contributed by atoms with Crippen molar-refractivity contribution in [2.75, 3.05) is 17.2 Å². The molecule has 0 amide bonds. The molecule has 0 saturated carbocycles. The van der Waals surface area contributed by atoms with Crippen LogP contribution in [0.3, 0.4) is 0 Å². The predicted octanol–water partition coefficient (Wildman–Crippen LogP) is 7.18. The molecule has 2 nitrogen and oxygen atoms in total. The summed E-state index contributed by atoms with van der Waals surface area (Å²) in [5.74, 6) is -2.94. The second kappa shape index (κ2) is 9.99. The number of hydrogen-bond acceptors (Lipinski definition) is 2. The highest BCUT2D eigenvalue weighted by Crippen LogP contribution is 2.33. The van der Waals surface area contributed by atoms with Crippen LogP contribution in [0.2, 0.25) is 0 Å². The third-order valence-corrected chi connectivity index (χ3v) is 5.05. The maximum atomic E-state index is 14.4. The van der Waals surface area contributed by atoms with Gasteiger partial charge in [0.1, 0.15) is 29.0 Å². The van der Waals surface area contributed by atoms with Gasteiger partial charge in [0, 0.05) is 23.8 Å². The van der Waals surface area contributed by atoms with Crippen LogP contribution in [0, 0.1) is 23.3 Å². The van der Waals surface area contributed by atoms with Crippen molar-refractivity contribution in [2.24, 2.45) is 0 Å². The zero-order chi connectivity index (χ0) is 21.7. The maximum Gasteiger partial charge on any atom is 0.149 e. The molecule has 2 rings (SSSR count). The van der Waals surface area contributed by atoms with Crippen molar-refractivity contribution in [3.05, 3.63) is 58.7 Å². The van der Waals surface area contributed by atoms with Gasteiger partial charge >= 0.3 is 0 Å². The Bertz CT molecular complexity index is 790. The Morgan fingerprint density at radius 1 is 0.759 bits per heavy atom. The van der Waals surface area contributed by atoms with E-state index in [0.717, 1.165) is 0 Å². The fraction of sp³-hybridized carbons (Fsp3) is 0.478. The lowest BCUT2D eigenvalue weighted by atomic mass is 9.88.